The zero-order chi connectivity index (χ0) is 22.7. The largest absolute Gasteiger partial charge is 0.490 e. The molecule has 3 aromatic rings. The lowest BCUT2D eigenvalue weighted by Crippen LogP contribution is -2.42. The maximum absolute atomic E-state index is 12.8. The lowest BCUT2D eigenvalue weighted by Gasteiger charge is -2.32. The summed E-state index contributed by atoms with van der Waals surface area (Å²) in [4.78, 5) is 14.7. The van der Waals surface area contributed by atoms with Crippen molar-refractivity contribution in [2.24, 2.45) is 0 Å². The van der Waals surface area contributed by atoms with Gasteiger partial charge in [-0.25, -0.2) is 0 Å². The molecule has 2 aromatic carbocycles. The number of carbonyl (C=O) groups excluding carboxylic acids is 1. The van der Waals surface area contributed by atoms with E-state index >= 15 is 0 Å². The number of likely N-dealkylation sites (tertiary alicyclic amines) is 1. The SMILES string of the molecule is Cc1ccc(OC2CCN(C(=O)CSc3nncn3-c3ccc(C)c(C)c3)CC2)cc1C. The Kier molecular flexibility index (Phi) is 6.84. The number of hydrogen-bond acceptors (Lipinski definition) is 5. The number of carbonyl (C=O) groups is 1. The second kappa shape index (κ2) is 9.77. The lowest BCUT2D eigenvalue weighted by molar-refractivity contribution is -0.130. The molecule has 32 heavy (non-hydrogen) atoms. The number of aromatic nitrogens is 3. The molecule has 1 aromatic heterocycles. The van der Waals surface area contributed by atoms with Crippen LogP contribution in [0.1, 0.15) is 35.1 Å². The summed E-state index contributed by atoms with van der Waals surface area (Å²) in [6.07, 6.45) is 3.55. The van der Waals surface area contributed by atoms with Gasteiger partial charge in [0.2, 0.25) is 5.91 Å². The van der Waals surface area contributed by atoms with Crippen molar-refractivity contribution in [3.63, 3.8) is 0 Å². The quantitative estimate of drug-likeness (QED) is 0.511. The standard InChI is InChI=1S/C25H30N4O2S/c1-17-5-7-21(13-19(17)3)29-16-26-27-25(29)32-15-24(30)28-11-9-22(10-12-28)31-23-8-6-18(2)20(4)14-23/h5-8,13-14,16,22H,9-12,15H2,1-4H3. The van der Waals surface area contributed by atoms with Crippen LogP contribution < -0.4 is 4.74 Å². The van der Waals surface area contributed by atoms with Gasteiger partial charge in [-0.3, -0.25) is 9.36 Å². The third-order valence-corrected chi connectivity index (χ3v) is 7.11. The highest BCUT2D eigenvalue weighted by Crippen LogP contribution is 2.24. The maximum Gasteiger partial charge on any atom is 0.233 e. The van der Waals surface area contributed by atoms with Gasteiger partial charge in [0, 0.05) is 31.6 Å². The summed E-state index contributed by atoms with van der Waals surface area (Å²) in [5.74, 6) is 1.40. The third kappa shape index (κ3) is 5.15. The van der Waals surface area contributed by atoms with E-state index in [2.05, 4.69) is 68.2 Å². The molecule has 0 atom stereocenters. The Morgan fingerprint density at radius 3 is 2.38 bits per heavy atom. The van der Waals surface area contributed by atoms with Crippen molar-refractivity contribution in [3.8, 4) is 11.4 Å². The fourth-order valence-electron chi connectivity index (χ4n) is 3.80. The predicted molar refractivity (Wildman–Crippen MR) is 128 cm³/mol. The van der Waals surface area contributed by atoms with Crippen LogP contribution in [0.4, 0.5) is 0 Å². The lowest BCUT2D eigenvalue weighted by atomic mass is 10.1. The van der Waals surface area contributed by atoms with E-state index in [4.69, 9.17) is 4.74 Å². The normalized spacial score (nSPS) is 14.6. The highest BCUT2D eigenvalue weighted by Gasteiger charge is 2.24. The first-order valence-electron chi connectivity index (χ1n) is 11.0. The summed E-state index contributed by atoms with van der Waals surface area (Å²) in [5, 5.41) is 9.00. The molecule has 0 spiro atoms. The van der Waals surface area contributed by atoms with Gasteiger partial charge in [0.15, 0.2) is 5.16 Å². The monoisotopic (exact) mass is 450 g/mol. The molecule has 0 saturated carbocycles. The van der Waals surface area contributed by atoms with Gasteiger partial charge in [0.25, 0.3) is 0 Å². The van der Waals surface area contributed by atoms with Gasteiger partial charge in [0.1, 0.15) is 18.2 Å². The van der Waals surface area contributed by atoms with E-state index in [1.807, 2.05) is 15.5 Å². The molecule has 0 bridgehead atoms. The average Bonchev–Trinajstić information content (AvgIpc) is 3.26. The molecule has 168 valence electrons. The van der Waals surface area contributed by atoms with E-state index < -0.39 is 0 Å². The molecular weight excluding hydrogens is 420 g/mol. The number of piperidine rings is 1. The molecule has 1 fully saturated rings. The van der Waals surface area contributed by atoms with E-state index in [9.17, 15) is 4.79 Å². The van der Waals surface area contributed by atoms with E-state index in [0.29, 0.717) is 5.75 Å². The molecule has 1 aliphatic heterocycles. The molecule has 2 heterocycles. The third-order valence-electron chi connectivity index (χ3n) is 6.19. The summed E-state index contributed by atoms with van der Waals surface area (Å²) >= 11 is 1.43. The second-order valence-corrected chi connectivity index (χ2v) is 9.43. The van der Waals surface area contributed by atoms with Crippen molar-refractivity contribution >= 4 is 17.7 Å². The molecule has 1 aliphatic rings. The Labute approximate surface area is 194 Å². The first-order chi connectivity index (χ1) is 15.4. The van der Waals surface area contributed by atoms with Crippen molar-refractivity contribution in [1.29, 1.82) is 0 Å². The molecule has 0 unspecified atom stereocenters. The minimum Gasteiger partial charge on any atom is -0.490 e. The first kappa shape index (κ1) is 22.4. The van der Waals surface area contributed by atoms with Crippen molar-refractivity contribution in [2.45, 2.75) is 51.8 Å². The topological polar surface area (TPSA) is 60.2 Å². The highest BCUT2D eigenvalue weighted by atomic mass is 32.2. The number of nitrogens with zero attached hydrogens (tertiary/aromatic N) is 4. The first-order valence-corrected chi connectivity index (χ1v) is 12.0. The number of ether oxygens (including phenoxy) is 1. The molecule has 4 rings (SSSR count). The van der Waals surface area contributed by atoms with E-state index in [-0.39, 0.29) is 12.0 Å². The number of thioether (sulfide) groups is 1. The number of amides is 1. The zero-order valence-corrected chi connectivity index (χ0v) is 20.0. The number of aryl methyl sites for hydroxylation is 4. The van der Waals surface area contributed by atoms with Crippen LogP contribution in [0.3, 0.4) is 0 Å². The van der Waals surface area contributed by atoms with E-state index in [0.717, 1.165) is 42.5 Å². The summed E-state index contributed by atoms with van der Waals surface area (Å²) in [6, 6.07) is 12.5. The smallest absolute Gasteiger partial charge is 0.233 e. The summed E-state index contributed by atoms with van der Waals surface area (Å²) < 4.78 is 8.09. The van der Waals surface area contributed by atoms with Crippen molar-refractivity contribution in [3.05, 3.63) is 65.0 Å². The van der Waals surface area contributed by atoms with Gasteiger partial charge >= 0.3 is 0 Å². The zero-order valence-electron chi connectivity index (χ0n) is 19.2. The fourth-order valence-corrected chi connectivity index (χ4v) is 4.63. The Hall–Kier alpha value is -2.80. The molecule has 0 N–H and O–H groups in total. The number of hydrogen-bond donors (Lipinski definition) is 0. The highest BCUT2D eigenvalue weighted by molar-refractivity contribution is 7.99. The minimum atomic E-state index is 0.134. The summed E-state index contributed by atoms with van der Waals surface area (Å²) in [5.41, 5.74) is 5.98. The van der Waals surface area contributed by atoms with Crippen LogP contribution in [0, 0.1) is 27.7 Å². The molecule has 1 amide bonds. The van der Waals surface area contributed by atoms with Gasteiger partial charge in [-0.2, -0.15) is 0 Å². The fraction of sp³-hybridized carbons (Fsp3) is 0.400. The number of rotatable bonds is 6. The molecule has 0 radical (unpaired) electrons. The molecule has 7 heteroatoms. The molecule has 6 nitrogen and oxygen atoms in total. The maximum atomic E-state index is 12.8. The van der Waals surface area contributed by atoms with Gasteiger partial charge in [-0.15, -0.1) is 10.2 Å². The Balaban J connectivity index is 1.29. The van der Waals surface area contributed by atoms with Gasteiger partial charge in [0.05, 0.1) is 5.75 Å². The molecule has 1 saturated heterocycles. The van der Waals surface area contributed by atoms with E-state index in [1.165, 1.54) is 34.0 Å². The van der Waals surface area contributed by atoms with Crippen LogP contribution in [0.2, 0.25) is 0 Å². The van der Waals surface area contributed by atoms with Crippen LogP contribution in [-0.2, 0) is 4.79 Å². The number of benzene rings is 2. The summed E-state index contributed by atoms with van der Waals surface area (Å²) in [7, 11) is 0. The van der Waals surface area contributed by atoms with Crippen LogP contribution in [0.5, 0.6) is 5.75 Å². The van der Waals surface area contributed by atoms with Crippen molar-refractivity contribution < 1.29 is 9.53 Å². The molecular formula is C25H30N4O2S. The Morgan fingerprint density at radius 1 is 1.00 bits per heavy atom. The molecule has 0 aliphatic carbocycles. The summed E-state index contributed by atoms with van der Waals surface area (Å²) in [6.45, 7) is 9.83. The van der Waals surface area contributed by atoms with Crippen LogP contribution in [-0.4, -0.2) is 50.5 Å². The predicted octanol–water partition coefficient (Wildman–Crippen LogP) is 4.66. The van der Waals surface area contributed by atoms with Gasteiger partial charge in [-0.05, 0) is 74.2 Å². The van der Waals surface area contributed by atoms with Crippen molar-refractivity contribution in [1.82, 2.24) is 19.7 Å². The average molecular weight is 451 g/mol. The van der Waals surface area contributed by atoms with Gasteiger partial charge in [-0.1, -0.05) is 23.9 Å². The van der Waals surface area contributed by atoms with Crippen LogP contribution >= 0.6 is 11.8 Å². The Morgan fingerprint density at radius 2 is 1.69 bits per heavy atom. The minimum absolute atomic E-state index is 0.134. The second-order valence-electron chi connectivity index (χ2n) is 8.48. The van der Waals surface area contributed by atoms with Gasteiger partial charge < -0.3 is 9.64 Å². The van der Waals surface area contributed by atoms with Crippen molar-refractivity contribution in [2.75, 3.05) is 18.8 Å². The van der Waals surface area contributed by atoms with Crippen LogP contribution in [0.25, 0.3) is 5.69 Å². The Bertz CT molecular complexity index is 1100. The van der Waals surface area contributed by atoms with E-state index in [1.54, 1.807) is 6.33 Å². The van der Waals surface area contributed by atoms with Crippen LogP contribution in [0.15, 0.2) is 47.9 Å².